The van der Waals surface area contributed by atoms with Crippen molar-refractivity contribution in [3.8, 4) is 23.0 Å². The lowest BCUT2D eigenvalue weighted by atomic mass is 9.88. The van der Waals surface area contributed by atoms with E-state index in [0.29, 0.717) is 35.1 Å². The van der Waals surface area contributed by atoms with E-state index in [2.05, 4.69) is 0 Å². The molecule has 3 aromatic rings. The number of methoxy groups -OCH3 is 3. The molecule has 8 nitrogen and oxygen atoms in total. The number of nitrogens with zero attached hydrogens (tertiary/aromatic N) is 2. The standard InChI is InChI=1S/C27H26N2O6/c1-27-16-20(19-12-8-9-13-21(19)35-27)28(26(31)29(27)18-10-6-5-7-11-18)25(30)17-14-22(32-2)24(34-4)23(15-17)33-3/h5-15,20H,16H2,1-4H3/t20-,27+/m0/s1. The van der Waals surface area contributed by atoms with Gasteiger partial charge in [-0.3, -0.25) is 14.6 Å². The first-order valence-corrected chi connectivity index (χ1v) is 11.2. The second-order valence-electron chi connectivity index (χ2n) is 8.58. The van der Waals surface area contributed by atoms with Crippen LogP contribution in [0.1, 0.15) is 35.3 Å². The molecule has 35 heavy (non-hydrogen) atoms. The Morgan fingerprint density at radius 2 is 1.57 bits per heavy atom. The van der Waals surface area contributed by atoms with E-state index in [1.807, 2.05) is 61.5 Å². The number of hydrogen-bond acceptors (Lipinski definition) is 6. The van der Waals surface area contributed by atoms with E-state index in [9.17, 15) is 9.59 Å². The number of imide groups is 1. The summed E-state index contributed by atoms with van der Waals surface area (Å²) < 4.78 is 22.6. The summed E-state index contributed by atoms with van der Waals surface area (Å²) in [4.78, 5) is 30.9. The molecule has 0 aromatic heterocycles. The van der Waals surface area contributed by atoms with Crippen LogP contribution in [0.5, 0.6) is 23.0 Å². The summed E-state index contributed by atoms with van der Waals surface area (Å²) in [6, 6.07) is 18.9. The maximum atomic E-state index is 14.1. The van der Waals surface area contributed by atoms with Gasteiger partial charge in [-0.15, -0.1) is 0 Å². The van der Waals surface area contributed by atoms with Crippen molar-refractivity contribution in [2.75, 3.05) is 26.2 Å². The van der Waals surface area contributed by atoms with Crippen molar-refractivity contribution in [2.45, 2.75) is 25.1 Å². The predicted octanol–water partition coefficient (Wildman–Crippen LogP) is 5.03. The van der Waals surface area contributed by atoms with Crippen LogP contribution in [0.25, 0.3) is 0 Å². The van der Waals surface area contributed by atoms with Gasteiger partial charge in [-0.25, -0.2) is 4.79 Å². The molecule has 2 aliphatic heterocycles. The summed E-state index contributed by atoms with van der Waals surface area (Å²) in [5.41, 5.74) is 0.699. The minimum absolute atomic E-state index is 0.244. The lowest BCUT2D eigenvalue weighted by Gasteiger charge is -2.53. The predicted molar refractivity (Wildman–Crippen MR) is 129 cm³/mol. The molecular weight excluding hydrogens is 448 g/mol. The van der Waals surface area contributed by atoms with Gasteiger partial charge in [-0.1, -0.05) is 36.4 Å². The van der Waals surface area contributed by atoms with Crippen molar-refractivity contribution in [1.82, 2.24) is 4.90 Å². The van der Waals surface area contributed by atoms with Gasteiger partial charge in [-0.2, -0.15) is 0 Å². The van der Waals surface area contributed by atoms with Crippen LogP contribution in [-0.2, 0) is 0 Å². The summed E-state index contributed by atoms with van der Waals surface area (Å²) in [5.74, 6) is 1.20. The lowest BCUT2D eigenvalue weighted by molar-refractivity contribution is 0.00266. The van der Waals surface area contributed by atoms with Crippen molar-refractivity contribution in [3.05, 3.63) is 77.9 Å². The fraction of sp³-hybridized carbons (Fsp3) is 0.259. The fourth-order valence-corrected chi connectivity index (χ4v) is 4.94. The number of fused-ring (bicyclic) bond motifs is 4. The van der Waals surface area contributed by atoms with Crippen LogP contribution in [0, 0.1) is 0 Å². The molecule has 0 spiro atoms. The van der Waals surface area contributed by atoms with Gasteiger partial charge in [0.25, 0.3) is 5.91 Å². The summed E-state index contributed by atoms with van der Waals surface area (Å²) in [6.07, 6.45) is 0.404. The molecule has 2 heterocycles. The second-order valence-corrected chi connectivity index (χ2v) is 8.58. The minimum atomic E-state index is -0.969. The number of benzene rings is 3. The molecule has 3 aromatic carbocycles. The summed E-state index contributed by atoms with van der Waals surface area (Å²) in [6.45, 7) is 1.88. The van der Waals surface area contributed by atoms with Crippen LogP contribution < -0.4 is 23.8 Å². The van der Waals surface area contributed by atoms with E-state index in [1.54, 1.807) is 17.0 Å². The Morgan fingerprint density at radius 3 is 2.20 bits per heavy atom. The Labute approximate surface area is 203 Å². The molecule has 0 saturated carbocycles. The smallest absolute Gasteiger partial charge is 0.335 e. The second kappa shape index (κ2) is 8.54. The van der Waals surface area contributed by atoms with Crippen molar-refractivity contribution in [2.24, 2.45) is 0 Å². The highest BCUT2D eigenvalue weighted by molar-refractivity contribution is 6.11. The maximum absolute atomic E-state index is 14.1. The number of para-hydroxylation sites is 2. The molecule has 0 aliphatic carbocycles. The van der Waals surface area contributed by atoms with Crippen LogP contribution >= 0.6 is 0 Å². The van der Waals surface area contributed by atoms with Gasteiger partial charge in [0.2, 0.25) is 5.75 Å². The molecule has 1 saturated heterocycles. The van der Waals surface area contributed by atoms with Gasteiger partial charge in [0.1, 0.15) is 5.75 Å². The molecule has 8 heteroatoms. The zero-order valence-corrected chi connectivity index (χ0v) is 20.0. The van der Waals surface area contributed by atoms with E-state index >= 15 is 0 Å². The van der Waals surface area contributed by atoms with Crippen molar-refractivity contribution in [3.63, 3.8) is 0 Å². The molecule has 2 bridgehead atoms. The zero-order valence-electron chi connectivity index (χ0n) is 20.0. The Morgan fingerprint density at radius 1 is 0.943 bits per heavy atom. The average molecular weight is 475 g/mol. The van der Waals surface area contributed by atoms with Gasteiger partial charge in [0.15, 0.2) is 17.2 Å². The Bertz CT molecular complexity index is 1270. The minimum Gasteiger partial charge on any atom is -0.493 e. The Hall–Kier alpha value is -4.20. The summed E-state index contributed by atoms with van der Waals surface area (Å²) >= 11 is 0. The SMILES string of the molecule is COc1cc(C(=O)N2C(=O)N(c3ccccc3)[C@@]3(C)C[C@H]2c2ccccc2O3)cc(OC)c1OC. The summed E-state index contributed by atoms with van der Waals surface area (Å²) in [5, 5.41) is 0. The molecule has 2 atom stereocenters. The van der Waals surface area contributed by atoms with Crippen LogP contribution in [0.4, 0.5) is 10.5 Å². The van der Waals surface area contributed by atoms with E-state index in [0.717, 1.165) is 5.56 Å². The number of carbonyl (C=O) groups excluding carboxylic acids is 2. The number of rotatable bonds is 5. The van der Waals surface area contributed by atoms with Crippen molar-refractivity contribution < 1.29 is 28.5 Å². The van der Waals surface area contributed by atoms with Gasteiger partial charge < -0.3 is 18.9 Å². The first-order chi connectivity index (χ1) is 16.9. The van der Waals surface area contributed by atoms with Crippen LogP contribution in [0.3, 0.4) is 0 Å². The maximum Gasteiger partial charge on any atom is 0.335 e. The van der Waals surface area contributed by atoms with Gasteiger partial charge in [-0.05, 0) is 37.3 Å². The molecule has 2 aliphatic rings. The normalized spacial score (nSPS) is 20.6. The molecular formula is C27H26N2O6. The summed E-state index contributed by atoms with van der Waals surface area (Å²) in [7, 11) is 4.46. The van der Waals surface area contributed by atoms with E-state index in [4.69, 9.17) is 18.9 Å². The molecule has 0 radical (unpaired) electrons. The van der Waals surface area contributed by atoms with Gasteiger partial charge in [0.05, 0.1) is 27.4 Å². The highest BCUT2D eigenvalue weighted by Crippen LogP contribution is 2.50. The number of amides is 3. The third-order valence-corrected chi connectivity index (χ3v) is 6.51. The largest absolute Gasteiger partial charge is 0.493 e. The molecule has 3 amide bonds. The number of carbonyl (C=O) groups is 2. The highest BCUT2D eigenvalue weighted by atomic mass is 16.5. The van der Waals surface area contributed by atoms with Crippen LogP contribution in [0.2, 0.25) is 0 Å². The fourth-order valence-electron chi connectivity index (χ4n) is 4.94. The molecule has 0 unspecified atom stereocenters. The lowest BCUT2D eigenvalue weighted by Crippen LogP contribution is -2.67. The van der Waals surface area contributed by atoms with E-state index < -0.39 is 23.7 Å². The number of anilines is 1. The topological polar surface area (TPSA) is 77.5 Å². The first kappa shape index (κ1) is 22.6. The monoisotopic (exact) mass is 474 g/mol. The Kier molecular flexibility index (Phi) is 5.51. The van der Waals surface area contributed by atoms with Crippen LogP contribution in [0.15, 0.2) is 66.7 Å². The van der Waals surface area contributed by atoms with Gasteiger partial charge >= 0.3 is 6.03 Å². The quantitative estimate of drug-likeness (QED) is 0.516. The molecule has 5 rings (SSSR count). The molecule has 1 fully saturated rings. The van der Waals surface area contributed by atoms with E-state index in [-0.39, 0.29) is 5.56 Å². The number of urea groups is 1. The Balaban J connectivity index is 1.67. The van der Waals surface area contributed by atoms with Crippen LogP contribution in [-0.4, -0.2) is 43.9 Å². The number of hydrogen-bond donors (Lipinski definition) is 0. The molecule has 180 valence electrons. The van der Waals surface area contributed by atoms with Crippen molar-refractivity contribution >= 4 is 17.6 Å². The highest BCUT2D eigenvalue weighted by Gasteiger charge is 2.55. The average Bonchev–Trinajstić information content (AvgIpc) is 2.87. The van der Waals surface area contributed by atoms with Gasteiger partial charge in [0, 0.05) is 23.2 Å². The first-order valence-electron chi connectivity index (χ1n) is 11.2. The van der Waals surface area contributed by atoms with Crippen molar-refractivity contribution in [1.29, 1.82) is 0 Å². The third-order valence-electron chi connectivity index (χ3n) is 6.51. The number of ether oxygens (including phenoxy) is 4. The third kappa shape index (κ3) is 3.53. The molecule has 0 N–H and O–H groups in total. The van der Waals surface area contributed by atoms with E-state index in [1.165, 1.54) is 26.2 Å². The zero-order chi connectivity index (χ0) is 24.7.